The van der Waals surface area contributed by atoms with Gasteiger partial charge in [-0.3, -0.25) is 0 Å². The Bertz CT molecular complexity index is 128. The van der Waals surface area contributed by atoms with Crippen LogP contribution in [0.4, 0.5) is 0 Å². The van der Waals surface area contributed by atoms with Gasteiger partial charge in [0.2, 0.25) is 0 Å². The van der Waals surface area contributed by atoms with Gasteiger partial charge in [0, 0.05) is 9.75 Å². The number of halogens is 2. The topological polar surface area (TPSA) is 0 Å². The molecule has 2 heteroatoms. The van der Waals surface area contributed by atoms with Crippen molar-refractivity contribution in [1.82, 2.24) is 0 Å². The van der Waals surface area contributed by atoms with E-state index < -0.39 is 0 Å². The van der Waals surface area contributed by atoms with Crippen LogP contribution in [-0.4, -0.2) is 9.75 Å². The van der Waals surface area contributed by atoms with Gasteiger partial charge in [-0.2, -0.15) is 0 Å². The van der Waals surface area contributed by atoms with Crippen LogP contribution in [0, 0.1) is 0 Å². The summed E-state index contributed by atoms with van der Waals surface area (Å²) >= 11 is 12.6. The molecule has 2 atom stereocenters. The van der Waals surface area contributed by atoms with Crippen LogP contribution in [0.1, 0.15) is 53.4 Å². The summed E-state index contributed by atoms with van der Waals surface area (Å²) in [5, 5.41) is 0. The van der Waals surface area contributed by atoms with Gasteiger partial charge in [0.1, 0.15) is 0 Å². The van der Waals surface area contributed by atoms with Crippen LogP contribution in [-0.2, 0) is 0 Å². The van der Waals surface area contributed by atoms with Crippen LogP contribution in [0.25, 0.3) is 0 Å². The first-order valence-electron chi connectivity index (χ1n) is 4.71. The molecular weight excluding hydrogens is 191 g/mol. The maximum Gasteiger partial charge on any atom is 0.0435 e. The van der Waals surface area contributed by atoms with Crippen molar-refractivity contribution in [3.8, 4) is 0 Å². The van der Waals surface area contributed by atoms with E-state index in [1.54, 1.807) is 0 Å². The summed E-state index contributed by atoms with van der Waals surface area (Å²) in [4.78, 5) is -0.257. The molecule has 0 aromatic carbocycles. The smallest absolute Gasteiger partial charge is 0.0435 e. The van der Waals surface area contributed by atoms with E-state index in [0.29, 0.717) is 0 Å². The molecule has 0 rings (SSSR count). The minimum atomic E-state index is -0.133. The molecule has 0 aliphatic rings. The zero-order valence-corrected chi connectivity index (χ0v) is 10.1. The van der Waals surface area contributed by atoms with E-state index in [4.69, 9.17) is 23.2 Å². The SMILES string of the molecule is CCCC(C)(Cl)CC(C)(Cl)CC. The minimum absolute atomic E-state index is 0.124. The lowest BCUT2D eigenvalue weighted by Gasteiger charge is -2.30. The summed E-state index contributed by atoms with van der Waals surface area (Å²) in [5.74, 6) is 0. The molecule has 0 heterocycles. The predicted molar refractivity (Wildman–Crippen MR) is 58.3 cm³/mol. The van der Waals surface area contributed by atoms with E-state index in [0.717, 1.165) is 25.7 Å². The first-order valence-corrected chi connectivity index (χ1v) is 5.46. The molecular formula is C10H20Cl2. The Hall–Kier alpha value is 0.580. The van der Waals surface area contributed by atoms with Gasteiger partial charge >= 0.3 is 0 Å². The lowest BCUT2D eigenvalue weighted by atomic mass is 9.91. The molecule has 0 saturated heterocycles. The van der Waals surface area contributed by atoms with Gasteiger partial charge in [-0.05, 0) is 33.1 Å². The van der Waals surface area contributed by atoms with Crippen molar-refractivity contribution < 1.29 is 0 Å². The number of alkyl halides is 2. The highest BCUT2D eigenvalue weighted by Gasteiger charge is 2.30. The fraction of sp³-hybridized carbons (Fsp3) is 1.00. The van der Waals surface area contributed by atoms with Gasteiger partial charge in [-0.1, -0.05) is 20.3 Å². The third kappa shape index (κ3) is 5.27. The van der Waals surface area contributed by atoms with Gasteiger partial charge in [0.25, 0.3) is 0 Å². The lowest BCUT2D eigenvalue weighted by Crippen LogP contribution is -2.28. The highest BCUT2D eigenvalue weighted by atomic mass is 35.5. The summed E-state index contributed by atoms with van der Waals surface area (Å²) in [5.41, 5.74) is 0. The molecule has 0 aliphatic heterocycles. The second kappa shape index (κ2) is 4.72. The van der Waals surface area contributed by atoms with Crippen molar-refractivity contribution in [2.75, 3.05) is 0 Å². The Balaban J connectivity index is 4.04. The summed E-state index contributed by atoms with van der Waals surface area (Å²) in [6.45, 7) is 8.39. The molecule has 0 saturated carbocycles. The average molecular weight is 211 g/mol. The van der Waals surface area contributed by atoms with Crippen molar-refractivity contribution in [3.63, 3.8) is 0 Å². The van der Waals surface area contributed by atoms with E-state index >= 15 is 0 Å². The molecule has 0 spiro atoms. The van der Waals surface area contributed by atoms with Crippen LogP contribution >= 0.6 is 23.2 Å². The molecule has 0 amide bonds. The minimum Gasteiger partial charge on any atom is -0.120 e. The third-order valence-corrected chi connectivity index (χ3v) is 2.97. The third-order valence-electron chi connectivity index (χ3n) is 2.25. The maximum absolute atomic E-state index is 6.32. The van der Waals surface area contributed by atoms with E-state index in [1.807, 2.05) is 0 Å². The Morgan fingerprint density at radius 1 is 1.00 bits per heavy atom. The highest BCUT2D eigenvalue weighted by molar-refractivity contribution is 6.27. The first kappa shape index (κ1) is 12.6. The number of hydrogen-bond donors (Lipinski definition) is 0. The van der Waals surface area contributed by atoms with Crippen LogP contribution in [0.15, 0.2) is 0 Å². The van der Waals surface area contributed by atoms with Crippen molar-refractivity contribution in [1.29, 1.82) is 0 Å². The average Bonchev–Trinajstić information content (AvgIpc) is 1.85. The molecule has 0 N–H and O–H groups in total. The van der Waals surface area contributed by atoms with Gasteiger partial charge < -0.3 is 0 Å². The monoisotopic (exact) mass is 210 g/mol. The second-order valence-corrected chi connectivity index (χ2v) is 5.93. The van der Waals surface area contributed by atoms with E-state index in [9.17, 15) is 0 Å². The predicted octanol–water partition coefficient (Wildman–Crippen LogP) is 4.58. The van der Waals surface area contributed by atoms with Crippen LogP contribution < -0.4 is 0 Å². The van der Waals surface area contributed by atoms with E-state index in [1.165, 1.54) is 0 Å². The molecule has 0 bridgehead atoms. The largest absolute Gasteiger partial charge is 0.120 e. The second-order valence-electron chi connectivity index (χ2n) is 4.11. The normalized spacial score (nSPS) is 21.5. The Kier molecular flexibility index (Phi) is 4.94. The number of hydrogen-bond acceptors (Lipinski definition) is 0. The lowest BCUT2D eigenvalue weighted by molar-refractivity contribution is 0.435. The summed E-state index contributed by atoms with van der Waals surface area (Å²) < 4.78 is 0. The molecule has 2 unspecified atom stereocenters. The van der Waals surface area contributed by atoms with Gasteiger partial charge in [-0.25, -0.2) is 0 Å². The molecule has 0 radical (unpaired) electrons. The highest BCUT2D eigenvalue weighted by Crippen LogP contribution is 2.36. The Labute approximate surface area is 86.6 Å². The van der Waals surface area contributed by atoms with E-state index in [2.05, 4.69) is 27.7 Å². The van der Waals surface area contributed by atoms with Gasteiger partial charge in [0.05, 0.1) is 0 Å². The number of rotatable bonds is 5. The van der Waals surface area contributed by atoms with Gasteiger partial charge in [0.15, 0.2) is 0 Å². The van der Waals surface area contributed by atoms with Crippen LogP contribution in [0.2, 0.25) is 0 Å². The summed E-state index contributed by atoms with van der Waals surface area (Å²) in [7, 11) is 0. The van der Waals surface area contributed by atoms with Gasteiger partial charge in [-0.15, -0.1) is 23.2 Å². The summed E-state index contributed by atoms with van der Waals surface area (Å²) in [6, 6.07) is 0. The standard InChI is InChI=1S/C10H20Cl2/c1-5-7-10(4,12)8-9(3,11)6-2/h5-8H2,1-4H3. The molecule has 12 heavy (non-hydrogen) atoms. The zero-order valence-electron chi connectivity index (χ0n) is 8.58. The van der Waals surface area contributed by atoms with Crippen LogP contribution in [0.3, 0.4) is 0 Å². The first-order chi connectivity index (χ1) is 5.33. The Morgan fingerprint density at radius 2 is 1.50 bits per heavy atom. The van der Waals surface area contributed by atoms with Crippen molar-refractivity contribution in [2.45, 2.75) is 63.1 Å². The fourth-order valence-corrected chi connectivity index (χ4v) is 2.35. The molecule has 0 aliphatic carbocycles. The Morgan fingerprint density at radius 3 is 1.83 bits per heavy atom. The molecule has 0 aromatic heterocycles. The molecule has 0 fully saturated rings. The molecule has 0 aromatic rings. The fourth-order valence-electron chi connectivity index (χ4n) is 1.50. The molecule has 0 nitrogen and oxygen atoms in total. The maximum atomic E-state index is 6.32. The summed E-state index contributed by atoms with van der Waals surface area (Å²) in [6.07, 6.45) is 4.02. The zero-order chi connectivity index (χ0) is 9.83. The van der Waals surface area contributed by atoms with Crippen molar-refractivity contribution >= 4 is 23.2 Å². The van der Waals surface area contributed by atoms with Crippen molar-refractivity contribution in [3.05, 3.63) is 0 Å². The van der Waals surface area contributed by atoms with E-state index in [-0.39, 0.29) is 9.75 Å². The van der Waals surface area contributed by atoms with Crippen molar-refractivity contribution in [2.24, 2.45) is 0 Å². The molecule has 74 valence electrons. The van der Waals surface area contributed by atoms with Crippen LogP contribution in [0.5, 0.6) is 0 Å². The quantitative estimate of drug-likeness (QED) is 0.584.